The number of fused-ring (bicyclic) bond motifs is 3. The highest BCUT2D eigenvalue weighted by atomic mass is 35.5. The van der Waals surface area contributed by atoms with E-state index in [1.165, 1.54) is 0 Å². The highest BCUT2D eigenvalue weighted by molar-refractivity contribution is 6.30. The number of piperazine rings is 1. The average Bonchev–Trinajstić information content (AvgIpc) is 3.30. The predicted octanol–water partition coefficient (Wildman–Crippen LogP) is 4.80. The molecule has 0 saturated carbocycles. The van der Waals surface area contributed by atoms with E-state index in [4.69, 9.17) is 16.6 Å². The number of rotatable bonds is 4. The summed E-state index contributed by atoms with van der Waals surface area (Å²) in [4.78, 5) is 22.6. The van der Waals surface area contributed by atoms with Gasteiger partial charge in [0.1, 0.15) is 5.82 Å². The fourth-order valence-corrected chi connectivity index (χ4v) is 4.90. The molecule has 3 heterocycles. The van der Waals surface area contributed by atoms with E-state index in [-0.39, 0.29) is 5.78 Å². The summed E-state index contributed by atoms with van der Waals surface area (Å²) in [6.07, 6.45) is 0. The number of ketones is 1. The molecule has 35 heavy (non-hydrogen) atoms. The number of hydrogen-bond donors (Lipinski definition) is 0. The molecule has 8 heteroatoms. The minimum Gasteiger partial charge on any atom is -0.368 e. The minimum atomic E-state index is -0.0207. The number of halogens is 1. The van der Waals surface area contributed by atoms with Crippen molar-refractivity contribution in [3.05, 3.63) is 94.8 Å². The molecule has 3 aromatic carbocycles. The third kappa shape index (κ3) is 3.88. The molecule has 1 aliphatic rings. The third-order valence-electron chi connectivity index (χ3n) is 6.52. The molecule has 6 rings (SSSR count). The Bertz CT molecular complexity index is 1560. The first-order chi connectivity index (χ1) is 17.1. The van der Waals surface area contributed by atoms with Gasteiger partial charge >= 0.3 is 0 Å². The molecule has 5 aromatic rings. The van der Waals surface area contributed by atoms with Crippen molar-refractivity contribution in [3.8, 4) is 0 Å². The lowest BCUT2D eigenvalue weighted by molar-refractivity contribution is 0.103. The van der Waals surface area contributed by atoms with Crippen LogP contribution in [0.25, 0.3) is 16.7 Å². The number of benzene rings is 3. The van der Waals surface area contributed by atoms with Gasteiger partial charge in [-0.15, -0.1) is 10.2 Å². The van der Waals surface area contributed by atoms with Crippen LogP contribution >= 0.6 is 11.6 Å². The Kier molecular flexibility index (Phi) is 5.34. The molecule has 174 valence electrons. The number of carbonyl (C=O) groups excluding carboxylic acids is 1. The van der Waals surface area contributed by atoms with Gasteiger partial charge in [-0.05, 0) is 43.3 Å². The van der Waals surface area contributed by atoms with Gasteiger partial charge in [-0.25, -0.2) is 4.98 Å². The summed E-state index contributed by atoms with van der Waals surface area (Å²) in [6.45, 7) is 5.23. The summed E-state index contributed by atoms with van der Waals surface area (Å²) in [6, 6.07) is 22.9. The van der Waals surface area contributed by atoms with Crippen molar-refractivity contribution in [1.82, 2.24) is 19.6 Å². The summed E-state index contributed by atoms with van der Waals surface area (Å²) in [7, 11) is 0. The largest absolute Gasteiger partial charge is 0.368 e. The lowest BCUT2D eigenvalue weighted by atomic mass is 10.0. The zero-order valence-corrected chi connectivity index (χ0v) is 20.0. The fourth-order valence-electron chi connectivity index (χ4n) is 4.72. The first kappa shape index (κ1) is 21.6. The molecule has 0 spiro atoms. The van der Waals surface area contributed by atoms with Gasteiger partial charge in [-0.3, -0.25) is 9.20 Å². The number of carbonyl (C=O) groups is 1. The highest BCUT2D eigenvalue weighted by Crippen LogP contribution is 2.28. The minimum absolute atomic E-state index is 0.0207. The first-order valence-corrected chi connectivity index (χ1v) is 12.0. The quantitative estimate of drug-likeness (QED) is 0.343. The Morgan fingerprint density at radius 3 is 2.37 bits per heavy atom. The first-order valence-electron chi connectivity index (χ1n) is 11.6. The maximum Gasteiger partial charge on any atom is 0.204 e. The number of nitrogens with zero attached hydrogens (tertiary/aromatic N) is 6. The van der Waals surface area contributed by atoms with Crippen LogP contribution < -0.4 is 9.80 Å². The van der Waals surface area contributed by atoms with Gasteiger partial charge in [0.2, 0.25) is 5.65 Å². The number of anilines is 2. The van der Waals surface area contributed by atoms with Gasteiger partial charge in [-0.2, -0.15) is 0 Å². The SMILES string of the molecule is Cc1nnc2c(N3CCN(c4cccc(Cl)c4)CC3)nc3ccc(C(=O)c4ccccc4)cc3n12. The molecular weight excluding hydrogens is 460 g/mol. The Morgan fingerprint density at radius 1 is 0.829 bits per heavy atom. The molecule has 0 bridgehead atoms. The molecule has 7 nitrogen and oxygen atoms in total. The normalized spacial score (nSPS) is 14.1. The molecule has 1 fully saturated rings. The molecule has 0 aliphatic carbocycles. The molecule has 1 saturated heterocycles. The zero-order chi connectivity index (χ0) is 23.9. The van der Waals surface area contributed by atoms with E-state index in [0.29, 0.717) is 16.8 Å². The van der Waals surface area contributed by atoms with Crippen LogP contribution in [0.5, 0.6) is 0 Å². The molecule has 0 amide bonds. The lowest BCUT2D eigenvalue weighted by Gasteiger charge is -2.36. The monoisotopic (exact) mass is 482 g/mol. The van der Waals surface area contributed by atoms with Crippen LogP contribution in [0.2, 0.25) is 5.02 Å². The van der Waals surface area contributed by atoms with Crippen LogP contribution in [0, 0.1) is 6.92 Å². The lowest BCUT2D eigenvalue weighted by Crippen LogP contribution is -2.47. The van der Waals surface area contributed by atoms with Crippen LogP contribution in [-0.4, -0.2) is 51.5 Å². The summed E-state index contributed by atoms with van der Waals surface area (Å²) >= 11 is 6.19. The van der Waals surface area contributed by atoms with Gasteiger partial charge in [0.15, 0.2) is 11.6 Å². The molecule has 0 unspecified atom stereocenters. The molecule has 2 aromatic heterocycles. The predicted molar refractivity (Wildman–Crippen MR) is 139 cm³/mol. The summed E-state index contributed by atoms with van der Waals surface area (Å²) in [5.74, 6) is 1.55. The molecular formula is C27H23ClN6O. The third-order valence-corrected chi connectivity index (χ3v) is 6.75. The number of aryl methyl sites for hydroxylation is 1. The van der Waals surface area contributed by atoms with E-state index in [2.05, 4.69) is 26.1 Å². The van der Waals surface area contributed by atoms with Gasteiger partial charge in [0.25, 0.3) is 0 Å². The standard InChI is InChI=1S/C27H23ClN6O/c1-18-30-31-27-26(33-14-12-32(13-15-33)22-9-5-8-21(28)17-22)29-23-11-10-20(16-24(23)34(18)27)25(35)19-6-3-2-4-7-19/h2-11,16-17H,12-15H2,1H3. The molecule has 1 aliphatic heterocycles. The average molecular weight is 483 g/mol. The Labute approximate surface area is 207 Å². The van der Waals surface area contributed by atoms with Crippen molar-refractivity contribution in [2.75, 3.05) is 36.0 Å². The molecule has 0 radical (unpaired) electrons. The van der Waals surface area contributed by atoms with E-state index >= 15 is 0 Å². The van der Waals surface area contributed by atoms with E-state index in [0.717, 1.165) is 59.6 Å². The highest BCUT2D eigenvalue weighted by Gasteiger charge is 2.24. The maximum atomic E-state index is 13.1. The fraction of sp³-hybridized carbons (Fsp3) is 0.185. The van der Waals surface area contributed by atoms with Crippen molar-refractivity contribution in [3.63, 3.8) is 0 Å². The van der Waals surface area contributed by atoms with Crippen LogP contribution in [-0.2, 0) is 0 Å². The van der Waals surface area contributed by atoms with Crippen molar-refractivity contribution >= 4 is 45.6 Å². The summed E-state index contributed by atoms with van der Waals surface area (Å²) < 4.78 is 2.00. The van der Waals surface area contributed by atoms with Crippen molar-refractivity contribution < 1.29 is 4.79 Å². The Morgan fingerprint density at radius 2 is 1.60 bits per heavy atom. The second kappa shape index (κ2) is 8.67. The smallest absolute Gasteiger partial charge is 0.204 e. The number of aromatic nitrogens is 4. The van der Waals surface area contributed by atoms with Crippen LogP contribution in [0.1, 0.15) is 21.7 Å². The Hall–Kier alpha value is -3.97. The summed E-state index contributed by atoms with van der Waals surface area (Å²) in [5, 5.41) is 9.54. The van der Waals surface area contributed by atoms with Gasteiger partial charge in [0, 0.05) is 48.0 Å². The van der Waals surface area contributed by atoms with Crippen LogP contribution in [0.15, 0.2) is 72.8 Å². The van der Waals surface area contributed by atoms with E-state index in [1.807, 2.05) is 78.1 Å². The summed E-state index contributed by atoms with van der Waals surface area (Å²) in [5.41, 5.74) is 4.73. The zero-order valence-electron chi connectivity index (χ0n) is 19.2. The number of hydrogen-bond acceptors (Lipinski definition) is 6. The maximum absolute atomic E-state index is 13.1. The second-order valence-corrected chi connectivity index (χ2v) is 9.13. The van der Waals surface area contributed by atoms with Crippen molar-refractivity contribution in [2.24, 2.45) is 0 Å². The molecule has 0 atom stereocenters. The van der Waals surface area contributed by atoms with E-state index < -0.39 is 0 Å². The van der Waals surface area contributed by atoms with E-state index in [9.17, 15) is 4.79 Å². The molecule has 0 N–H and O–H groups in total. The van der Waals surface area contributed by atoms with Gasteiger partial charge in [0.05, 0.1) is 11.0 Å². The van der Waals surface area contributed by atoms with Crippen molar-refractivity contribution in [1.29, 1.82) is 0 Å². The van der Waals surface area contributed by atoms with Gasteiger partial charge in [-0.1, -0.05) is 48.0 Å². The van der Waals surface area contributed by atoms with Gasteiger partial charge < -0.3 is 9.80 Å². The van der Waals surface area contributed by atoms with E-state index in [1.54, 1.807) is 0 Å². The topological polar surface area (TPSA) is 66.6 Å². The van der Waals surface area contributed by atoms with Crippen molar-refractivity contribution in [2.45, 2.75) is 6.92 Å². The Balaban J connectivity index is 1.35. The second-order valence-electron chi connectivity index (χ2n) is 8.69. The van der Waals surface area contributed by atoms with Crippen LogP contribution in [0.3, 0.4) is 0 Å². The van der Waals surface area contributed by atoms with Crippen LogP contribution in [0.4, 0.5) is 11.5 Å².